The highest BCUT2D eigenvalue weighted by Crippen LogP contribution is 2.31. The molecule has 1 aromatic rings. The topological polar surface area (TPSA) is 41.0 Å². The summed E-state index contributed by atoms with van der Waals surface area (Å²) in [6, 6.07) is 1.81. The summed E-state index contributed by atoms with van der Waals surface area (Å²) in [6.45, 7) is 11.9. The van der Waals surface area contributed by atoms with E-state index in [9.17, 15) is 0 Å². The lowest BCUT2D eigenvalue weighted by Crippen LogP contribution is -2.40. The normalized spacial score (nSPS) is 19.5. The van der Waals surface area contributed by atoms with Gasteiger partial charge in [0.2, 0.25) is 0 Å². The second kappa shape index (κ2) is 6.09. The van der Waals surface area contributed by atoms with Gasteiger partial charge in [-0.15, -0.1) is 0 Å². The maximum Gasteiger partial charge on any atom is 0.137 e. The van der Waals surface area contributed by atoms with E-state index in [1.165, 1.54) is 12.8 Å². The van der Waals surface area contributed by atoms with E-state index in [0.29, 0.717) is 10.6 Å². The Bertz CT molecular complexity index is 488. The maximum absolute atomic E-state index is 6.13. The molecule has 21 heavy (non-hydrogen) atoms. The third kappa shape index (κ3) is 4.55. The van der Waals surface area contributed by atoms with Crippen molar-refractivity contribution in [2.75, 3.05) is 32.0 Å². The number of nitrogens with zero attached hydrogens (tertiary/aromatic N) is 3. The zero-order chi connectivity index (χ0) is 15.7. The van der Waals surface area contributed by atoms with E-state index in [0.717, 1.165) is 31.3 Å². The fourth-order valence-electron chi connectivity index (χ4n) is 2.48. The molecule has 1 saturated heterocycles. The van der Waals surface area contributed by atoms with E-state index in [-0.39, 0.29) is 5.41 Å². The van der Waals surface area contributed by atoms with Gasteiger partial charge in [-0.1, -0.05) is 39.3 Å². The minimum atomic E-state index is -0.0984. The summed E-state index contributed by atoms with van der Waals surface area (Å²) in [5.74, 6) is 1.62. The van der Waals surface area contributed by atoms with Crippen molar-refractivity contribution < 1.29 is 0 Å². The molecular formula is C16H27ClN4. The van der Waals surface area contributed by atoms with E-state index in [1.54, 1.807) is 0 Å². The van der Waals surface area contributed by atoms with E-state index in [4.69, 9.17) is 11.6 Å². The predicted molar refractivity (Wildman–Crippen MR) is 89.1 cm³/mol. The Balaban J connectivity index is 2.05. The molecule has 0 aromatic carbocycles. The molecule has 5 heteroatoms. The van der Waals surface area contributed by atoms with Crippen LogP contribution in [0.4, 0.5) is 5.82 Å². The minimum Gasteiger partial charge on any atom is -0.369 e. The molecule has 0 unspecified atom stereocenters. The molecule has 0 aliphatic carbocycles. The van der Waals surface area contributed by atoms with E-state index >= 15 is 0 Å². The number of rotatable bonds is 3. The molecule has 1 aromatic heterocycles. The quantitative estimate of drug-likeness (QED) is 0.867. The largest absolute Gasteiger partial charge is 0.369 e. The van der Waals surface area contributed by atoms with Crippen LogP contribution in [-0.4, -0.2) is 41.5 Å². The molecule has 1 N–H and O–H groups in total. The molecular weight excluding hydrogens is 284 g/mol. The molecule has 1 fully saturated rings. The number of halogens is 1. The van der Waals surface area contributed by atoms with Crippen LogP contribution in [0.5, 0.6) is 0 Å². The average Bonchev–Trinajstić information content (AvgIpc) is 2.39. The van der Waals surface area contributed by atoms with Crippen LogP contribution in [0.15, 0.2) is 6.07 Å². The summed E-state index contributed by atoms with van der Waals surface area (Å²) in [5, 5.41) is 3.97. The Morgan fingerprint density at radius 3 is 2.48 bits per heavy atom. The third-order valence-corrected chi connectivity index (χ3v) is 4.45. The van der Waals surface area contributed by atoms with Gasteiger partial charge in [-0.25, -0.2) is 9.97 Å². The Labute approximate surface area is 133 Å². The molecule has 2 rings (SSSR count). The lowest BCUT2D eigenvalue weighted by Gasteiger charge is -2.38. The zero-order valence-electron chi connectivity index (χ0n) is 13.8. The summed E-state index contributed by atoms with van der Waals surface area (Å²) in [4.78, 5) is 11.3. The molecule has 4 nitrogen and oxygen atoms in total. The van der Waals surface area contributed by atoms with Crippen LogP contribution in [0, 0.1) is 5.41 Å². The fourth-order valence-corrected chi connectivity index (χ4v) is 2.67. The van der Waals surface area contributed by atoms with Crippen LogP contribution in [-0.2, 0) is 5.41 Å². The molecule has 0 radical (unpaired) electrons. The number of nitrogens with one attached hydrogen (secondary N) is 1. The van der Waals surface area contributed by atoms with Gasteiger partial charge < -0.3 is 10.2 Å². The van der Waals surface area contributed by atoms with E-state index < -0.39 is 0 Å². The highest BCUT2D eigenvalue weighted by atomic mass is 35.5. The molecule has 0 spiro atoms. The first-order valence-electron chi connectivity index (χ1n) is 7.65. The number of likely N-dealkylation sites (tertiary alicyclic amines) is 1. The van der Waals surface area contributed by atoms with Gasteiger partial charge in [-0.3, -0.25) is 0 Å². The second-order valence-electron chi connectivity index (χ2n) is 7.62. The van der Waals surface area contributed by atoms with Crippen molar-refractivity contribution in [1.29, 1.82) is 0 Å². The number of anilines is 1. The van der Waals surface area contributed by atoms with Crippen LogP contribution in [0.2, 0.25) is 5.15 Å². The van der Waals surface area contributed by atoms with Crippen LogP contribution in [0.1, 0.15) is 46.4 Å². The predicted octanol–water partition coefficient (Wildman–Crippen LogP) is 3.57. The molecule has 0 amide bonds. The lowest BCUT2D eigenvalue weighted by molar-refractivity contribution is 0.150. The van der Waals surface area contributed by atoms with Gasteiger partial charge in [0.25, 0.3) is 0 Å². The van der Waals surface area contributed by atoms with E-state index in [1.807, 2.05) is 6.07 Å². The standard InChI is InChI=1S/C16H27ClN4/c1-15(2,3)14-19-12(17)10-13(20-14)18-11-16(4)6-8-21(5)9-7-16/h10H,6-9,11H2,1-5H3,(H,18,19,20). The molecule has 0 saturated carbocycles. The first kappa shape index (κ1) is 16.5. The number of aromatic nitrogens is 2. The van der Waals surface area contributed by atoms with Gasteiger partial charge in [0.15, 0.2) is 0 Å². The smallest absolute Gasteiger partial charge is 0.137 e. The van der Waals surface area contributed by atoms with Crippen molar-refractivity contribution in [3.05, 3.63) is 17.0 Å². The summed E-state index contributed by atoms with van der Waals surface area (Å²) in [5.41, 5.74) is 0.227. The van der Waals surface area contributed by atoms with Crippen LogP contribution in [0.3, 0.4) is 0 Å². The highest BCUT2D eigenvalue weighted by molar-refractivity contribution is 6.29. The summed E-state index contributed by atoms with van der Waals surface area (Å²) in [6.07, 6.45) is 2.42. The summed E-state index contributed by atoms with van der Waals surface area (Å²) < 4.78 is 0. The molecule has 1 aliphatic rings. The SMILES string of the molecule is CN1CCC(C)(CNc2cc(Cl)nc(C(C)(C)C)n2)CC1. The van der Waals surface area contributed by atoms with Crippen molar-refractivity contribution in [1.82, 2.24) is 14.9 Å². The average molecular weight is 311 g/mol. The van der Waals surface area contributed by atoms with Gasteiger partial charge in [0, 0.05) is 18.0 Å². The molecule has 0 atom stereocenters. The van der Waals surface area contributed by atoms with Gasteiger partial charge in [-0.2, -0.15) is 0 Å². The summed E-state index contributed by atoms with van der Waals surface area (Å²) in [7, 11) is 2.19. The van der Waals surface area contributed by atoms with Gasteiger partial charge in [0.1, 0.15) is 16.8 Å². The number of hydrogen-bond donors (Lipinski definition) is 1. The van der Waals surface area contributed by atoms with Crippen molar-refractivity contribution in [2.45, 2.75) is 46.0 Å². The van der Waals surface area contributed by atoms with Gasteiger partial charge in [-0.05, 0) is 38.4 Å². The minimum absolute atomic E-state index is 0.0984. The molecule has 2 heterocycles. The second-order valence-corrected chi connectivity index (χ2v) is 8.00. The van der Waals surface area contributed by atoms with Crippen LogP contribution in [0.25, 0.3) is 0 Å². The maximum atomic E-state index is 6.13. The monoisotopic (exact) mass is 310 g/mol. The first-order valence-corrected chi connectivity index (χ1v) is 8.03. The Morgan fingerprint density at radius 1 is 1.29 bits per heavy atom. The number of piperidine rings is 1. The molecule has 0 bridgehead atoms. The fraction of sp³-hybridized carbons (Fsp3) is 0.750. The zero-order valence-corrected chi connectivity index (χ0v) is 14.6. The molecule has 118 valence electrons. The Hall–Kier alpha value is -0.870. The number of hydrogen-bond acceptors (Lipinski definition) is 4. The Morgan fingerprint density at radius 2 is 1.90 bits per heavy atom. The van der Waals surface area contributed by atoms with E-state index in [2.05, 4.69) is 54.9 Å². The van der Waals surface area contributed by atoms with Gasteiger partial charge in [0.05, 0.1) is 0 Å². The van der Waals surface area contributed by atoms with Crippen molar-refractivity contribution in [3.63, 3.8) is 0 Å². The highest BCUT2D eigenvalue weighted by Gasteiger charge is 2.29. The molecule has 1 aliphatic heterocycles. The summed E-state index contributed by atoms with van der Waals surface area (Å²) >= 11 is 6.13. The lowest BCUT2D eigenvalue weighted by atomic mass is 9.80. The van der Waals surface area contributed by atoms with Crippen molar-refractivity contribution in [2.24, 2.45) is 5.41 Å². The van der Waals surface area contributed by atoms with Crippen LogP contribution >= 0.6 is 11.6 Å². The third-order valence-electron chi connectivity index (χ3n) is 4.26. The van der Waals surface area contributed by atoms with Gasteiger partial charge >= 0.3 is 0 Å². The van der Waals surface area contributed by atoms with Crippen LogP contribution < -0.4 is 5.32 Å². The van der Waals surface area contributed by atoms with Crippen molar-refractivity contribution >= 4 is 17.4 Å². The Kier molecular flexibility index (Phi) is 4.79. The van der Waals surface area contributed by atoms with Crippen molar-refractivity contribution in [3.8, 4) is 0 Å². The first-order chi connectivity index (χ1) is 9.68.